The highest BCUT2D eigenvalue weighted by Crippen LogP contribution is 1.87. The molecule has 0 radical (unpaired) electrons. The molecule has 0 aliphatic rings. The third-order valence-corrected chi connectivity index (χ3v) is 0.831. The quantitative estimate of drug-likeness (QED) is 0.542. The van der Waals surface area contributed by atoms with Gasteiger partial charge in [-0.15, -0.1) is 6.58 Å². The Hall–Kier alpha value is -0.340. The minimum Gasteiger partial charge on any atom is -0.373 e. The molecule has 1 atom stereocenters. The van der Waals surface area contributed by atoms with Crippen molar-refractivity contribution in [3.8, 4) is 0 Å². The van der Waals surface area contributed by atoms with Crippen LogP contribution in [0.4, 0.5) is 0 Å². The van der Waals surface area contributed by atoms with Gasteiger partial charge in [0.2, 0.25) is 0 Å². The number of nitrogens with two attached hydrogens (primary N) is 1. The summed E-state index contributed by atoms with van der Waals surface area (Å²) in [5, 5.41) is 0. The summed E-state index contributed by atoms with van der Waals surface area (Å²) in [5.41, 5.74) is 5.17. The largest absolute Gasteiger partial charge is 0.373 e. The average molecular weight is 115 g/mol. The highest BCUT2D eigenvalue weighted by molar-refractivity contribution is 4.74. The van der Waals surface area contributed by atoms with Gasteiger partial charge in [0.1, 0.15) is 0 Å². The molecule has 8 heavy (non-hydrogen) atoms. The van der Waals surface area contributed by atoms with Gasteiger partial charge in [0.25, 0.3) is 0 Å². The second-order valence-corrected chi connectivity index (χ2v) is 1.60. The monoisotopic (exact) mass is 115 g/mol. The van der Waals surface area contributed by atoms with Crippen molar-refractivity contribution in [2.24, 2.45) is 5.73 Å². The first kappa shape index (κ1) is 7.66. The molecule has 0 amide bonds. The number of ether oxygens (including phenoxy) is 1. The molecule has 0 bridgehead atoms. The predicted molar refractivity (Wildman–Crippen MR) is 34.7 cm³/mol. The van der Waals surface area contributed by atoms with Gasteiger partial charge in [-0.1, -0.05) is 6.08 Å². The Kier molecular flexibility index (Phi) is 4.61. The highest BCUT2D eigenvalue weighted by atomic mass is 16.5. The molecule has 0 fully saturated rings. The fourth-order valence-electron chi connectivity index (χ4n) is 0.322. The molecule has 2 heteroatoms. The second-order valence-electron chi connectivity index (χ2n) is 1.60. The Morgan fingerprint density at radius 1 is 1.88 bits per heavy atom. The van der Waals surface area contributed by atoms with E-state index in [-0.39, 0.29) is 6.10 Å². The third kappa shape index (κ3) is 3.84. The van der Waals surface area contributed by atoms with Crippen LogP contribution >= 0.6 is 0 Å². The molecule has 0 spiro atoms. The van der Waals surface area contributed by atoms with Crippen LogP contribution in [0.25, 0.3) is 0 Å². The van der Waals surface area contributed by atoms with Crippen molar-refractivity contribution >= 4 is 0 Å². The van der Waals surface area contributed by atoms with Gasteiger partial charge >= 0.3 is 0 Å². The summed E-state index contributed by atoms with van der Waals surface area (Å²) in [4.78, 5) is 0. The SMILES string of the molecule is C=CC(C)OCCN. The number of rotatable bonds is 4. The first-order valence-electron chi connectivity index (χ1n) is 2.75. The van der Waals surface area contributed by atoms with Crippen LogP contribution in [0.15, 0.2) is 12.7 Å². The van der Waals surface area contributed by atoms with E-state index in [0.29, 0.717) is 13.2 Å². The Balaban J connectivity index is 2.98. The summed E-state index contributed by atoms with van der Waals surface area (Å²) in [6.45, 7) is 6.68. The van der Waals surface area contributed by atoms with Crippen molar-refractivity contribution < 1.29 is 4.74 Å². The molecule has 0 aromatic carbocycles. The van der Waals surface area contributed by atoms with E-state index in [4.69, 9.17) is 10.5 Å². The van der Waals surface area contributed by atoms with E-state index in [2.05, 4.69) is 6.58 Å². The lowest BCUT2D eigenvalue weighted by molar-refractivity contribution is 0.104. The normalized spacial score (nSPS) is 13.2. The summed E-state index contributed by atoms with van der Waals surface area (Å²) < 4.78 is 5.10. The summed E-state index contributed by atoms with van der Waals surface area (Å²) in [7, 11) is 0. The van der Waals surface area contributed by atoms with Crippen LogP contribution in [0.5, 0.6) is 0 Å². The van der Waals surface area contributed by atoms with Crippen molar-refractivity contribution in [2.75, 3.05) is 13.2 Å². The van der Waals surface area contributed by atoms with E-state index in [9.17, 15) is 0 Å². The van der Waals surface area contributed by atoms with Crippen LogP contribution in [0.2, 0.25) is 0 Å². The van der Waals surface area contributed by atoms with Gasteiger partial charge in [-0.3, -0.25) is 0 Å². The van der Waals surface area contributed by atoms with Crippen molar-refractivity contribution in [2.45, 2.75) is 13.0 Å². The van der Waals surface area contributed by atoms with E-state index in [1.807, 2.05) is 6.92 Å². The van der Waals surface area contributed by atoms with Crippen molar-refractivity contribution in [3.05, 3.63) is 12.7 Å². The van der Waals surface area contributed by atoms with Gasteiger partial charge in [0.05, 0.1) is 12.7 Å². The first-order chi connectivity index (χ1) is 3.81. The maximum atomic E-state index is 5.17. The molecule has 0 saturated carbocycles. The van der Waals surface area contributed by atoms with Crippen LogP contribution in [0, 0.1) is 0 Å². The molecule has 0 rings (SSSR count). The summed E-state index contributed by atoms with van der Waals surface area (Å²) >= 11 is 0. The van der Waals surface area contributed by atoms with Crippen molar-refractivity contribution in [3.63, 3.8) is 0 Å². The zero-order chi connectivity index (χ0) is 6.41. The predicted octanol–water partition coefficient (Wildman–Crippen LogP) is 0.536. The average Bonchev–Trinajstić information content (AvgIpc) is 1.83. The molecular formula is C6H13NO. The topological polar surface area (TPSA) is 35.2 Å². The van der Waals surface area contributed by atoms with Crippen molar-refractivity contribution in [1.82, 2.24) is 0 Å². The van der Waals surface area contributed by atoms with Gasteiger partial charge in [0, 0.05) is 6.54 Å². The standard InChI is InChI=1S/C6H13NO/c1-3-6(2)8-5-4-7/h3,6H,1,4-5,7H2,2H3. The van der Waals surface area contributed by atoms with Crippen LogP contribution in [-0.4, -0.2) is 19.3 Å². The lowest BCUT2D eigenvalue weighted by atomic mass is 10.4. The number of hydrogen-bond donors (Lipinski definition) is 1. The zero-order valence-corrected chi connectivity index (χ0v) is 5.26. The van der Waals surface area contributed by atoms with Gasteiger partial charge < -0.3 is 10.5 Å². The van der Waals surface area contributed by atoms with E-state index >= 15 is 0 Å². The molecule has 0 aliphatic heterocycles. The van der Waals surface area contributed by atoms with Crippen molar-refractivity contribution in [1.29, 1.82) is 0 Å². The maximum absolute atomic E-state index is 5.17. The molecule has 48 valence electrons. The van der Waals surface area contributed by atoms with Crippen LogP contribution in [0.1, 0.15) is 6.92 Å². The second kappa shape index (κ2) is 4.81. The Labute approximate surface area is 50.3 Å². The van der Waals surface area contributed by atoms with Gasteiger partial charge in [-0.25, -0.2) is 0 Å². The van der Waals surface area contributed by atoms with Gasteiger partial charge in [-0.05, 0) is 6.92 Å². The fraction of sp³-hybridized carbons (Fsp3) is 0.667. The molecule has 0 heterocycles. The molecule has 0 saturated heterocycles. The maximum Gasteiger partial charge on any atom is 0.0725 e. The Morgan fingerprint density at radius 2 is 2.50 bits per heavy atom. The van der Waals surface area contributed by atoms with Crippen LogP contribution in [0.3, 0.4) is 0 Å². The lowest BCUT2D eigenvalue weighted by Crippen LogP contribution is -2.13. The highest BCUT2D eigenvalue weighted by Gasteiger charge is 1.90. The van der Waals surface area contributed by atoms with E-state index in [0.717, 1.165) is 0 Å². The summed E-state index contributed by atoms with van der Waals surface area (Å²) in [5.74, 6) is 0. The molecule has 0 aliphatic carbocycles. The van der Waals surface area contributed by atoms with Crippen LogP contribution < -0.4 is 5.73 Å². The summed E-state index contributed by atoms with van der Waals surface area (Å²) in [6, 6.07) is 0. The summed E-state index contributed by atoms with van der Waals surface area (Å²) in [6.07, 6.45) is 1.88. The van der Waals surface area contributed by atoms with E-state index in [1.165, 1.54) is 0 Å². The molecule has 1 unspecified atom stereocenters. The first-order valence-corrected chi connectivity index (χ1v) is 2.75. The molecule has 0 aromatic rings. The smallest absolute Gasteiger partial charge is 0.0725 e. The van der Waals surface area contributed by atoms with Crippen LogP contribution in [-0.2, 0) is 4.74 Å². The number of hydrogen-bond acceptors (Lipinski definition) is 2. The zero-order valence-electron chi connectivity index (χ0n) is 5.26. The minimum absolute atomic E-state index is 0.138. The Bertz CT molecular complexity index is 63.5. The van der Waals surface area contributed by atoms with Gasteiger partial charge in [0.15, 0.2) is 0 Å². The minimum atomic E-state index is 0.138. The molecule has 0 aromatic heterocycles. The molecule has 2 nitrogen and oxygen atoms in total. The Morgan fingerprint density at radius 3 is 2.88 bits per heavy atom. The third-order valence-electron chi connectivity index (χ3n) is 0.831. The lowest BCUT2D eigenvalue weighted by Gasteiger charge is -2.04. The molecular weight excluding hydrogens is 102 g/mol. The van der Waals surface area contributed by atoms with E-state index < -0.39 is 0 Å². The van der Waals surface area contributed by atoms with Gasteiger partial charge in [-0.2, -0.15) is 0 Å². The molecule has 2 N–H and O–H groups in total. The van der Waals surface area contributed by atoms with E-state index in [1.54, 1.807) is 6.08 Å². The fourth-order valence-corrected chi connectivity index (χ4v) is 0.322.